The first-order chi connectivity index (χ1) is 11.6. The minimum atomic E-state index is -0.405. The number of nitrogens with one attached hydrogen (secondary N) is 2. The summed E-state index contributed by atoms with van der Waals surface area (Å²) in [5.41, 5.74) is 2.72. The van der Waals surface area contributed by atoms with Gasteiger partial charge in [-0.05, 0) is 54.8 Å². The predicted octanol–water partition coefficient (Wildman–Crippen LogP) is 3.64. The molecule has 0 aliphatic carbocycles. The van der Waals surface area contributed by atoms with Crippen LogP contribution in [-0.4, -0.2) is 19.6 Å². The second kappa shape index (κ2) is 8.32. The lowest BCUT2D eigenvalue weighted by molar-refractivity contribution is -0.117. The van der Waals surface area contributed by atoms with Crippen LogP contribution in [-0.2, 0) is 17.8 Å². The number of hydrogen-bond acceptors (Lipinski definition) is 3. The Morgan fingerprint density at radius 1 is 1.32 bits per heavy atom. The summed E-state index contributed by atoms with van der Waals surface area (Å²) < 4.78 is 19.8. The van der Waals surface area contributed by atoms with Crippen LogP contribution in [0.4, 0.5) is 10.1 Å². The Labute approximate surface area is 153 Å². The fraction of sp³-hybridized carbons (Fsp3) is 0.316. The Morgan fingerprint density at radius 3 is 2.88 bits per heavy atom. The highest BCUT2D eigenvalue weighted by Crippen LogP contribution is 2.27. The van der Waals surface area contributed by atoms with Gasteiger partial charge in [-0.15, -0.1) is 12.4 Å². The third-order valence-electron chi connectivity index (χ3n) is 4.45. The molecule has 0 fully saturated rings. The van der Waals surface area contributed by atoms with Gasteiger partial charge in [-0.25, -0.2) is 4.39 Å². The molecule has 2 N–H and O–H groups in total. The van der Waals surface area contributed by atoms with E-state index >= 15 is 0 Å². The number of carbonyl (C=O) groups excluding carboxylic acids is 1. The molecular formula is C19H22ClFN2O2. The number of hydrogen-bond donors (Lipinski definition) is 2. The minimum Gasteiger partial charge on any atom is -0.497 e. The van der Waals surface area contributed by atoms with Crippen molar-refractivity contribution in [3.63, 3.8) is 0 Å². The Kier molecular flexibility index (Phi) is 6.39. The van der Waals surface area contributed by atoms with E-state index in [0.29, 0.717) is 24.3 Å². The van der Waals surface area contributed by atoms with Crippen LogP contribution in [0.1, 0.15) is 29.5 Å². The first-order valence-corrected chi connectivity index (χ1v) is 8.06. The molecule has 1 heterocycles. The van der Waals surface area contributed by atoms with Crippen molar-refractivity contribution < 1.29 is 13.9 Å². The van der Waals surface area contributed by atoms with Gasteiger partial charge in [-0.2, -0.15) is 0 Å². The van der Waals surface area contributed by atoms with E-state index in [-0.39, 0.29) is 29.8 Å². The van der Waals surface area contributed by atoms with Crippen molar-refractivity contribution in [3.8, 4) is 5.75 Å². The van der Waals surface area contributed by atoms with Crippen LogP contribution in [0, 0.1) is 5.82 Å². The van der Waals surface area contributed by atoms with Gasteiger partial charge in [-0.1, -0.05) is 18.2 Å². The van der Waals surface area contributed by atoms with Gasteiger partial charge in [0.05, 0.1) is 18.7 Å². The summed E-state index contributed by atoms with van der Waals surface area (Å²) in [7, 11) is 1.58. The lowest BCUT2D eigenvalue weighted by Gasteiger charge is -2.20. The van der Waals surface area contributed by atoms with Crippen molar-refractivity contribution in [1.82, 2.24) is 5.32 Å². The molecule has 3 rings (SSSR count). The molecule has 2 aromatic rings. The Bertz CT molecular complexity index is 767. The zero-order valence-corrected chi connectivity index (χ0v) is 15.1. The second-order valence-corrected chi connectivity index (χ2v) is 5.98. The van der Waals surface area contributed by atoms with Gasteiger partial charge in [0.25, 0.3) is 0 Å². The van der Waals surface area contributed by atoms with Crippen molar-refractivity contribution in [2.75, 3.05) is 19.0 Å². The fourth-order valence-electron chi connectivity index (χ4n) is 2.93. The van der Waals surface area contributed by atoms with E-state index in [9.17, 15) is 9.18 Å². The number of carbonyl (C=O) groups is 1. The van der Waals surface area contributed by atoms with Crippen LogP contribution < -0.4 is 15.4 Å². The Balaban J connectivity index is 0.00000225. The van der Waals surface area contributed by atoms with E-state index in [4.69, 9.17) is 4.74 Å². The molecule has 6 heteroatoms. The third kappa shape index (κ3) is 4.11. The molecule has 1 unspecified atom stereocenters. The SMILES string of the molecule is COc1cccc(C(C)C(=O)Nc2ccc3c(c2F)CCNC3)c1.Cl. The average Bonchev–Trinajstić information content (AvgIpc) is 2.63. The van der Waals surface area contributed by atoms with Gasteiger partial charge in [0, 0.05) is 6.54 Å². The summed E-state index contributed by atoms with van der Waals surface area (Å²) >= 11 is 0. The molecule has 0 aromatic heterocycles. The van der Waals surface area contributed by atoms with Gasteiger partial charge >= 0.3 is 0 Å². The predicted molar refractivity (Wildman–Crippen MR) is 99.1 cm³/mol. The molecule has 0 radical (unpaired) electrons. The van der Waals surface area contributed by atoms with Crippen molar-refractivity contribution in [3.05, 3.63) is 58.9 Å². The van der Waals surface area contributed by atoms with Crippen LogP contribution >= 0.6 is 12.4 Å². The summed E-state index contributed by atoms with van der Waals surface area (Å²) in [6.45, 7) is 3.21. The highest BCUT2D eigenvalue weighted by atomic mass is 35.5. The van der Waals surface area contributed by atoms with Crippen LogP contribution in [0.15, 0.2) is 36.4 Å². The molecule has 1 atom stereocenters. The number of methoxy groups -OCH3 is 1. The van der Waals surface area contributed by atoms with E-state index < -0.39 is 5.92 Å². The first-order valence-electron chi connectivity index (χ1n) is 8.06. The summed E-state index contributed by atoms with van der Waals surface area (Å²) in [5, 5.41) is 5.93. The van der Waals surface area contributed by atoms with Gasteiger partial charge < -0.3 is 15.4 Å². The zero-order chi connectivity index (χ0) is 17.1. The zero-order valence-electron chi connectivity index (χ0n) is 14.3. The number of benzene rings is 2. The van der Waals surface area contributed by atoms with E-state index in [1.54, 1.807) is 20.1 Å². The molecule has 1 amide bonds. The fourth-order valence-corrected chi connectivity index (χ4v) is 2.93. The molecule has 25 heavy (non-hydrogen) atoms. The van der Waals surface area contributed by atoms with Crippen LogP contribution in [0.25, 0.3) is 0 Å². The maximum Gasteiger partial charge on any atom is 0.231 e. The van der Waals surface area contributed by atoms with E-state index in [0.717, 1.165) is 17.7 Å². The normalized spacial score (nSPS) is 14.0. The van der Waals surface area contributed by atoms with Crippen LogP contribution in [0.2, 0.25) is 0 Å². The molecule has 4 nitrogen and oxygen atoms in total. The number of fused-ring (bicyclic) bond motifs is 1. The van der Waals surface area contributed by atoms with Crippen molar-refractivity contribution in [2.24, 2.45) is 0 Å². The molecule has 1 aliphatic rings. The second-order valence-electron chi connectivity index (χ2n) is 5.98. The molecule has 0 spiro atoms. The largest absolute Gasteiger partial charge is 0.497 e. The van der Waals surface area contributed by atoms with Crippen molar-refractivity contribution >= 4 is 24.0 Å². The number of amides is 1. The molecule has 1 aliphatic heterocycles. The highest BCUT2D eigenvalue weighted by Gasteiger charge is 2.20. The average molecular weight is 365 g/mol. The quantitative estimate of drug-likeness (QED) is 0.870. The molecule has 0 bridgehead atoms. The van der Waals surface area contributed by atoms with Gasteiger partial charge in [0.2, 0.25) is 5.91 Å². The first kappa shape index (κ1) is 19.2. The molecule has 134 valence electrons. The topological polar surface area (TPSA) is 50.4 Å². The van der Waals surface area contributed by atoms with Crippen LogP contribution in [0.3, 0.4) is 0 Å². The Hall–Kier alpha value is -2.11. The third-order valence-corrected chi connectivity index (χ3v) is 4.45. The smallest absolute Gasteiger partial charge is 0.231 e. The van der Waals surface area contributed by atoms with E-state index in [2.05, 4.69) is 10.6 Å². The highest BCUT2D eigenvalue weighted by molar-refractivity contribution is 5.95. The van der Waals surface area contributed by atoms with Crippen molar-refractivity contribution in [2.45, 2.75) is 25.8 Å². The monoisotopic (exact) mass is 364 g/mol. The molecule has 0 saturated carbocycles. The molecule has 0 saturated heterocycles. The number of anilines is 1. The van der Waals surface area contributed by atoms with Gasteiger partial charge in [0.15, 0.2) is 0 Å². The maximum absolute atomic E-state index is 14.6. The molecule has 2 aromatic carbocycles. The number of ether oxygens (including phenoxy) is 1. The summed E-state index contributed by atoms with van der Waals surface area (Å²) in [6, 6.07) is 10.9. The number of halogens is 2. The standard InChI is InChI=1S/C19H21FN2O2.ClH/c1-12(13-4-3-5-15(10-13)24-2)19(23)22-17-7-6-14-11-21-9-8-16(14)18(17)20;/h3-7,10,12,21H,8-9,11H2,1-2H3,(H,22,23);1H. The van der Waals surface area contributed by atoms with Crippen molar-refractivity contribution in [1.29, 1.82) is 0 Å². The summed E-state index contributed by atoms with van der Waals surface area (Å²) in [6.07, 6.45) is 0.635. The molecular weight excluding hydrogens is 343 g/mol. The Morgan fingerprint density at radius 2 is 2.12 bits per heavy atom. The van der Waals surface area contributed by atoms with Crippen LogP contribution in [0.5, 0.6) is 5.75 Å². The number of rotatable bonds is 4. The van der Waals surface area contributed by atoms with E-state index in [1.165, 1.54) is 0 Å². The lowest BCUT2D eigenvalue weighted by Crippen LogP contribution is -2.26. The summed E-state index contributed by atoms with van der Waals surface area (Å²) in [4.78, 5) is 12.5. The minimum absolute atomic E-state index is 0. The van der Waals surface area contributed by atoms with Gasteiger partial charge in [-0.3, -0.25) is 4.79 Å². The summed E-state index contributed by atoms with van der Waals surface area (Å²) in [5.74, 6) is -0.270. The lowest BCUT2D eigenvalue weighted by atomic mass is 9.98. The maximum atomic E-state index is 14.6. The van der Waals surface area contributed by atoms with Gasteiger partial charge in [0.1, 0.15) is 11.6 Å². The van der Waals surface area contributed by atoms with E-state index in [1.807, 2.05) is 30.3 Å².